The van der Waals surface area contributed by atoms with Crippen LogP contribution in [0.2, 0.25) is 5.15 Å². The van der Waals surface area contributed by atoms with Crippen molar-refractivity contribution < 1.29 is 9.13 Å². The number of ether oxygens (including phenoxy) is 1. The van der Waals surface area contributed by atoms with Crippen molar-refractivity contribution in [3.05, 3.63) is 47.1 Å². The minimum atomic E-state index is -0.640. The van der Waals surface area contributed by atoms with E-state index in [4.69, 9.17) is 21.6 Å². The molecule has 0 aliphatic rings. The molecule has 0 aliphatic carbocycles. The summed E-state index contributed by atoms with van der Waals surface area (Å²) in [6.07, 6.45) is 1.21. The Bertz CT molecular complexity index is 598. The first-order valence-corrected chi connectivity index (χ1v) is 4.92. The van der Waals surface area contributed by atoms with Gasteiger partial charge in [-0.25, -0.2) is 14.4 Å². The van der Waals surface area contributed by atoms with Crippen molar-refractivity contribution in [2.45, 2.75) is 0 Å². The average molecular weight is 250 g/mol. The molecule has 0 atom stereocenters. The van der Waals surface area contributed by atoms with Crippen molar-refractivity contribution in [3.63, 3.8) is 0 Å². The topological polar surface area (TPSA) is 58.8 Å². The first-order valence-electron chi connectivity index (χ1n) is 4.54. The SMILES string of the molecule is N#Cc1ccc(Oc2cc(Cl)ncn2)c(F)c1. The molecular weight excluding hydrogens is 245 g/mol. The molecule has 0 spiro atoms. The molecule has 0 fully saturated rings. The predicted molar refractivity (Wildman–Crippen MR) is 58.2 cm³/mol. The Balaban J connectivity index is 2.28. The molecule has 4 nitrogen and oxygen atoms in total. The average Bonchev–Trinajstić information content (AvgIpc) is 2.32. The minimum Gasteiger partial charge on any atom is -0.436 e. The fourth-order valence-electron chi connectivity index (χ4n) is 1.14. The van der Waals surface area contributed by atoms with Crippen molar-refractivity contribution in [2.24, 2.45) is 0 Å². The summed E-state index contributed by atoms with van der Waals surface area (Å²) in [5.41, 5.74) is 0.218. The third kappa shape index (κ3) is 2.68. The van der Waals surface area contributed by atoms with Gasteiger partial charge in [0.2, 0.25) is 5.88 Å². The Morgan fingerprint density at radius 2 is 2.12 bits per heavy atom. The van der Waals surface area contributed by atoms with Gasteiger partial charge in [0.05, 0.1) is 11.6 Å². The number of nitrogens with zero attached hydrogens (tertiary/aromatic N) is 3. The highest BCUT2D eigenvalue weighted by Gasteiger charge is 2.07. The zero-order valence-corrected chi connectivity index (χ0v) is 9.15. The van der Waals surface area contributed by atoms with Gasteiger partial charge in [0.15, 0.2) is 11.6 Å². The number of hydrogen-bond donors (Lipinski definition) is 0. The highest BCUT2D eigenvalue weighted by molar-refractivity contribution is 6.29. The van der Waals surface area contributed by atoms with Gasteiger partial charge in [-0.2, -0.15) is 5.26 Å². The lowest BCUT2D eigenvalue weighted by Gasteiger charge is -2.05. The van der Waals surface area contributed by atoms with E-state index in [1.165, 1.54) is 24.5 Å². The van der Waals surface area contributed by atoms with Crippen LogP contribution >= 0.6 is 11.6 Å². The molecule has 1 heterocycles. The molecule has 0 bridgehead atoms. The lowest BCUT2D eigenvalue weighted by molar-refractivity contribution is 0.426. The van der Waals surface area contributed by atoms with E-state index in [1.54, 1.807) is 0 Å². The highest BCUT2D eigenvalue weighted by atomic mass is 35.5. The largest absolute Gasteiger partial charge is 0.436 e. The van der Waals surface area contributed by atoms with Crippen LogP contribution in [0, 0.1) is 17.1 Å². The number of rotatable bonds is 2. The summed E-state index contributed by atoms with van der Waals surface area (Å²) in [6, 6.07) is 7.06. The molecule has 0 amide bonds. The molecule has 1 aromatic carbocycles. The summed E-state index contributed by atoms with van der Waals surface area (Å²) in [4.78, 5) is 7.44. The lowest BCUT2D eigenvalue weighted by atomic mass is 10.2. The van der Waals surface area contributed by atoms with E-state index >= 15 is 0 Å². The van der Waals surface area contributed by atoms with Gasteiger partial charge in [0.25, 0.3) is 0 Å². The van der Waals surface area contributed by atoms with Crippen LogP contribution in [-0.4, -0.2) is 9.97 Å². The number of nitriles is 1. The first-order chi connectivity index (χ1) is 8.19. The third-order valence-electron chi connectivity index (χ3n) is 1.88. The Hall–Kier alpha value is -2.19. The van der Waals surface area contributed by atoms with Crippen LogP contribution < -0.4 is 4.74 Å². The van der Waals surface area contributed by atoms with Gasteiger partial charge in [-0.05, 0) is 18.2 Å². The molecule has 0 unspecified atom stereocenters. The van der Waals surface area contributed by atoms with Crippen LogP contribution in [0.5, 0.6) is 11.6 Å². The maximum absolute atomic E-state index is 13.5. The number of hydrogen-bond acceptors (Lipinski definition) is 4. The standard InChI is InChI=1S/C11H5ClFN3O/c12-10-4-11(16-6-15-10)17-9-2-1-7(5-14)3-8(9)13/h1-4,6H. The van der Waals surface area contributed by atoms with Gasteiger partial charge in [0, 0.05) is 6.07 Å². The van der Waals surface area contributed by atoms with Gasteiger partial charge in [-0.3, -0.25) is 0 Å². The van der Waals surface area contributed by atoms with Gasteiger partial charge >= 0.3 is 0 Å². The maximum Gasteiger partial charge on any atom is 0.223 e. The fraction of sp³-hybridized carbons (Fsp3) is 0. The Morgan fingerprint density at radius 1 is 1.29 bits per heavy atom. The second-order valence-corrected chi connectivity index (χ2v) is 3.43. The molecule has 0 radical (unpaired) electrons. The smallest absolute Gasteiger partial charge is 0.223 e. The van der Waals surface area contributed by atoms with Crippen LogP contribution in [0.4, 0.5) is 4.39 Å². The molecule has 0 saturated carbocycles. The van der Waals surface area contributed by atoms with Gasteiger partial charge in [-0.1, -0.05) is 11.6 Å². The summed E-state index contributed by atoms with van der Waals surface area (Å²) in [5.74, 6) is -0.536. The van der Waals surface area contributed by atoms with Crippen molar-refractivity contribution in [1.29, 1.82) is 5.26 Å². The number of halogens is 2. The molecule has 0 N–H and O–H groups in total. The first kappa shape index (κ1) is 11.3. The summed E-state index contributed by atoms with van der Waals surface area (Å²) < 4.78 is 18.6. The molecule has 0 aliphatic heterocycles. The normalized spacial score (nSPS) is 9.71. The van der Waals surface area contributed by atoms with Crippen LogP contribution in [-0.2, 0) is 0 Å². The van der Waals surface area contributed by atoms with Crippen LogP contribution in [0.1, 0.15) is 5.56 Å². The second kappa shape index (κ2) is 4.76. The molecular formula is C11H5ClFN3O. The van der Waals surface area contributed by atoms with Crippen LogP contribution in [0.15, 0.2) is 30.6 Å². The fourth-order valence-corrected chi connectivity index (χ4v) is 1.28. The predicted octanol–water partition coefficient (Wildman–Crippen LogP) is 2.93. The zero-order valence-electron chi connectivity index (χ0n) is 8.39. The van der Waals surface area contributed by atoms with E-state index in [0.717, 1.165) is 6.07 Å². The quantitative estimate of drug-likeness (QED) is 0.768. The van der Waals surface area contributed by atoms with E-state index in [2.05, 4.69) is 9.97 Å². The molecule has 84 valence electrons. The van der Waals surface area contributed by atoms with Crippen molar-refractivity contribution in [3.8, 4) is 17.7 Å². The summed E-state index contributed by atoms with van der Waals surface area (Å²) in [6.45, 7) is 0. The Kier molecular flexibility index (Phi) is 3.17. The monoisotopic (exact) mass is 249 g/mol. The lowest BCUT2D eigenvalue weighted by Crippen LogP contribution is -1.92. The van der Waals surface area contributed by atoms with E-state index in [9.17, 15) is 4.39 Å². The van der Waals surface area contributed by atoms with Crippen molar-refractivity contribution in [2.75, 3.05) is 0 Å². The van der Waals surface area contributed by atoms with Gasteiger partial charge < -0.3 is 4.74 Å². The molecule has 1 aromatic heterocycles. The Morgan fingerprint density at radius 3 is 2.76 bits per heavy atom. The minimum absolute atomic E-state index is 0.0289. The number of aromatic nitrogens is 2. The second-order valence-electron chi connectivity index (χ2n) is 3.04. The van der Waals surface area contributed by atoms with Crippen molar-refractivity contribution >= 4 is 11.6 Å². The summed E-state index contributed by atoms with van der Waals surface area (Å²) in [7, 11) is 0. The van der Waals surface area contributed by atoms with Gasteiger partial charge in [-0.15, -0.1) is 0 Å². The zero-order chi connectivity index (χ0) is 12.3. The molecule has 17 heavy (non-hydrogen) atoms. The van der Waals surface area contributed by atoms with E-state index in [0.29, 0.717) is 0 Å². The van der Waals surface area contributed by atoms with Gasteiger partial charge in [0.1, 0.15) is 11.5 Å². The van der Waals surface area contributed by atoms with E-state index in [1.807, 2.05) is 6.07 Å². The van der Waals surface area contributed by atoms with E-state index < -0.39 is 5.82 Å². The highest BCUT2D eigenvalue weighted by Crippen LogP contribution is 2.24. The van der Waals surface area contributed by atoms with E-state index in [-0.39, 0.29) is 22.3 Å². The molecule has 6 heteroatoms. The van der Waals surface area contributed by atoms with Crippen LogP contribution in [0.3, 0.4) is 0 Å². The molecule has 2 rings (SSSR count). The summed E-state index contributed by atoms with van der Waals surface area (Å²) in [5, 5.41) is 8.78. The Labute approximate surface area is 101 Å². The van der Waals surface area contributed by atoms with Crippen LogP contribution in [0.25, 0.3) is 0 Å². The summed E-state index contributed by atoms with van der Waals surface area (Å²) >= 11 is 5.63. The maximum atomic E-state index is 13.5. The molecule has 2 aromatic rings. The molecule has 0 saturated heterocycles. The number of benzene rings is 1. The van der Waals surface area contributed by atoms with Crippen molar-refractivity contribution in [1.82, 2.24) is 9.97 Å². The third-order valence-corrected chi connectivity index (χ3v) is 2.09.